The molecule has 0 aliphatic heterocycles. The molecule has 94 valence electrons. The first-order chi connectivity index (χ1) is 7.95. The zero-order chi connectivity index (χ0) is 13.3. The molecule has 0 radical (unpaired) electrons. The van der Waals surface area contributed by atoms with Crippen LogP contribution in [0.25, 0.3) is 0 Å². The summed E-state index contributed by atoms with van der Waals surface area (Å²) in [6, 6.07) is 0. The normalized spacial score (nSPS) is 9.00. The third-order valence-corrected chi connectivity index (χ3v) is 1.59. The largest absolute Gasteiger partial charge is 0.348 e. The van der Waals surface area contributed by atoms with Crippen LogP contribution in [-0.2, 0) is 19.2 Å². The van der Waals surface area contributed by atoms with E-state index in [9.17, 15) is 19.2 Å². The van der Waals surface area contributed by atoms with Crippen molar-refractivity contribution in [1.29, 1.82) is 0 Å². The van der Waals surface area contributed by atoms with E-state index < -0.39 is 17.7 Å². The van der Waals surface area contributed by atoms with Gasteiger partial charge in [0.05, 0.1) is 19.6 Å². The topological polar surface area (TPSA) is 104 Å². The van der Waals surface area contributed by atoms with E-state index in [0.29, 0.717) is 0 Å². The molecule has 7 nitrogen and oxygen atoms in total. The van der Waals surface area contributed by atoms with Crippen LogP contribution in [-0.4, -0.2) is 43.1 Å². The van der Waals surface area contributed by atoms with Crippen LogP contribution in [0.4, 0.5) is 0 Å². The molecular weight excluding hydrogens is 226 g/mol. The van der Waals surface area contributed by atoms with Crippen molar-refractivity contribution in [2.75, 3.05) is 19.6 Å². The average Bonchev–Trinajstić information content (AvgIpc) is 2.30. The van der Waals surface area contributed by atoms with E-state index in [-0.39, 0.29) is 25.4 Å². The molecule has 0 unspecified atom stereocenters. The van der Waals surface area contributed by atoms with Crippen LogP contribution in [0, 0.1) is 0 Å². The lowest BCUT2D eigenvalue weighted by molar-refractivity contribution is -0.127. The standard InChI is InChI=1S/C10H15N3O4/c1-3-8(15)12-5-10(17)13-6-9(16)11-4-7(2)14/h3H,1,4-6H2,2H3,(H,11,16)(H,12,15)(H,13,17). The van der Waals surface area contributed by atoms with Crippen molar-refractivity contribution < 1.29 is 19.2 Å². The molecule has 0 aromatic rings. The number of amides is 3. The van der Waals surface area contributed by atoms with Crippen LogP contribution < -0.4 is 16.0 Å². The Balaban J connectivity index is 3.69. The Kier molecular flexibility index (Phi) is 7.00. The average molecular weight is 241 g/mol. The first-order valence-corrected chi connectivity index (χ1v) is 4.88. The molecular formula is C10H15N3O4. The predicted molar refractivity (Wildman–Crippen MR) is 59.9 cm³/mol. The summed E-state index contributed by atoms with van der Waals surface area (Å²) >= 11 is 0. The summed E-state index contributed by atoms with van der Waals surface area (Å²) in [7, 11) is 0. The van der Waals surface area contributed by atoms with Crippen LogP contribution in [0.15, 0.2) is 12.7 Å². The van der Waals surface area contributed by atoms with Crippen molar-refractivity contribution in [3.63, 3.8) is 0 Å². The third-order valence-electron chi connectivity index (χ3n) is 1.59. The molecule has 0 aromatic heterocycles. The minimum atomic E-state index is -0.502. The van der Waals surface area contributed by atoms with Gasteiger partial charge in [-0.2, -0.15) is 0 Å². The first-order valence-electron chi connectivity index (χ1n) is 4.88. The number of hydrogen-bond donors (Lipinski definition) is 3. The van der Waals surface area contributed by atoms with Crippen molar-refractivity contribution in [3.8, 4) is 0 Å². The highest BCUT2D eigenvalue weighted by Crippen LogP contribution is 1.71. The second-order valence-electron chi connectivity index (χ2n) is 3.18. The summed E-state index contributed by atoms with van der Waals surface area (Å²) in [6.07, 6.45) is 1.03. The molecule has 0 aromatic carbocycles. The highest BCUT2D eigenvalue weighted by Gasteiger charge is 2.06. The van der Waals surface area contributed by atoms with Gasteiger partial charge < -0.3 is 16.0 Å². The number of Topliss-reactive ketones (excluding diaryl/α,β-unsaturated/α-hetero) is 1. The Morgan fingerprint density at radius 3 is 1.88 bits per heavy atom. The number of rotatable bonds is 7. The summed E-state index contributed by atoms with van der Waals surface area (Å²) in [5.41, 5.74) is 0. The molecule has 0 atom stereocenters. The second-order valence-corrected chi connectivity index (χ2v) is 3.18. The van der Waals surface area contributed by atoms with Crippen molar-refractivity contribution in [3.05, 3.63) is 12.7 Å². The lowest BCUT2D eigenvalue weighted by Crippen LogP contribution is -2.42. The highest BCUT2D eigenvalue weighted by atomic mass is 16.2. The Bertz CT molecular complexity index is 338. The van der Waals surface area contributed by atoms with Gasteiger partial charge in [-0.25, -0.2) is 0 Å². The van der Waals surface area contributed by atoms with Crippen LogP contribution in [0.5, 0.6) is 0 Å². The smallest absolute Gasteiger partial charge is 0.243 e. The zero-order valence-electron chi connectivity index (χ0n) is 9.54. The summed E-state index contributed by atoms with van der Waals surface area (Å²) in [5.74, 6) is -1.62. The zero-order valence-corrected chi connectivity index (χ0v) is 9.54. The molecule has 0 saturated heterocycles. The number of carbonyl (C=O) groups excluding carboxylic acids is 4. The Hall–Kier alpha value is -2.18. The molecule has 3 N–H and O–H groups in total. The quantitative estimate of drug-likeness (QED) is 0.453. The molecule has 0 saturated carbocycles. The molecule has 0 spiro atoms. The SMILES string of the molecule is C=CC(=O)NCC(=O)NCC(=O)NCC(C)=O. The van der Waals surface area contributed by atoms with E-state index in [0.717, 1.165) is 6.08 Å². The van der Waals surface area contributed by atoms with E-state index in [4.69, 9.17) is 0 Å². The van der Waals surface area contributed by atoms with Gasteiger partial charge in [0.25, 0.3) is 0 Å². The van der Waals surface area contributed by atoms with Crippen molar-refractivity contribution >= 4 is 23.5 Å². The molecule has 0 aliphatic rings. The van der Waals surface area contributed by atoms with Gasteiger partial charge >= 0.3 is 0 Å². The minimum Gasteiger partial charge on any atom is -0.348 e. The van der Waals surface area contributed by atoms with Crippen LogP contribution in [0.3, 0.4) is 0 Å². The van der Waals surface area contributed by atoms with Gasteiger partial charge in [-0.15, -0.1) is 0 Å². The number of ketones is 1. The number of carbonyl (C=O) groups is 4. The minimum absolute atomic E-state index is 0.0676. The predicted octanol–water partition coefficient (Wildman–Crippen LogP) is -1.89. The fourth-order valence-electron chi connectivity index (χ4n) is 0.766. The van der Waals surface area contributed by atoms with E-state index in [2.05, 4.69) is 22.5 Å². The van der Waals surface area contributed by atoms with Gasteiger partial charge in [-0.1, -0.05) is 6.58 Å². The Morgan fingerprint density at radius 1 is 0.941 bits per heavy atom. The third kappa shape index (κ3) is 8.79. The highest BCUT2D eigenvalue weighted by molar-refractivity contribution is 5.92. The monoisotopic (exact) mass is 241 g/mol. The van der Waals surface area contributed by atoms with Crippen molar-refractivity contribution in [2.24, 2.45) is 0 Å². The summed E-state index contributed by atoms with van der Waals surface area (Å²) in [5, 5.41) is 6.83. The fourth-order valence-corrected chi connectivity index (χ4v) is 0.766. The Morgan fingerprint density at radius 2 is 1.41 bits per heavy atom. The molecule has 0 rings (SSSR count). The van der Waals surface area contributed by atoms with E-state index in [1.54, 1.807) is 0 Å². The van der Waals surface area contributed by atoms with Crippen LogP contribution in [0.2, 0.25) is 0 Å². The maximum absolute atomic E-state index is 11.1. The summed E-state index contributed by atoms with van der Waals surface area (Å²) in [6.45, 7) is 4.01. The van der Waals surface area contributed by atoms with Gasteiger partial charge in [0, 0.05) is 0 Å². The molecule has 0 bridgehead atoms. The van der Waals surface area contributed by atoms with Crippen molar-refractivity contribution in [1.82, 2.24) is 16.0 Å². The summed E-state index contributed by atoms with van der Waals surface area (Å²) in [4.78, 5) is 43.4. The Labute approximate surface area is 98.6 Å². The number of hydrogen-bond acceptors (Lipinski definition) is 4. The van der Waals surface area contributed by atoms with Crippen LogP contribution >= 0.6 is 0 Å². The van der Waals surface area contributed by atoms with Crippen LogP contribution in [0.1, 0.15) is 6.92 Å². The maximum Gasteiger partial charge on any atom is 0.243 e. The van der Waals surface area contributed by atoms with E-state index >= 15 is 0 Å². The van der Waals surface area contributed by atoms with Gasteiger partial charge in [0.1, 0.15) is 5.78 Å². The molecule has 0 fully saturated rings. The number of nitrogens with one attached hydrogen (secondary N) is 3. The van der Waals surface area contributed by atoms with Gasteiger partial charge in [0.2, 0.25) is 17.7 Å². The van der Waals surface area contributed by atoms with E-state index in [1.807, 2.05) is 0 Å². The van der Waals surface area contributed by atoms with Gasteiger partial charge in [-0.3, -0.25) is 19.2 Å². The second kappa shape index (κ2) is 8.03. The van der Waals surface area contributed by atoms with Gasteiger partial charge in [-0.05, 0) is 13.0 Å². The molecule has 17 heavy (non-hydrogen) atoms. The molecule has 0 aliphatic carbocycles. The molecule has 7 heteroatoms. The summed E-state index contributed by atoms with van der Waals surface area (Å²) < 4.78 is 0. The maximum atomic E-state index is 11.1. The van der Waals surface area contributed by atoms with Crippen molar-refractivity contribution in [2.45, 2.75) is 6.92 Å². The van der Waals surface area contributed by atoms with Gasteiger partial charge in [0.15, 0.2) is 0 Å². The van der Waals surface area contributed by atoms with E-state index in [1.165, 1.54) is 6.92 Å². The first kappa shape index (κ1) is 14.8. The molecule has 3 amide bonds. The fraction of sp³-hybridized carbons (Fsp3) is 0.400. The lowest BCUT2D eigenvalue weighted by atomic mass is 10.4. The molecule has 0 heterocycles. The lowest BCUT2D eigenvalue weighted by Gasteiger charge is -2.05.